The normalized spacial score (nSPS) is 11.1. The van der Waals surface area contributed by atoms with Crippen LogP contribution in [-0.2, 0) is 0 Å². The van der Waals surface area contributed by atoms with Crippen molar-refractivity contribution in [3.05, 3.63) is 24.0 Å². The number of nitrogens with one attached hydrogen (secondary N) is 1. The second-order valence-corrected chi connectivity index (χ2v) is 4.55. The van der Waals surface area contributed by atoms with E-state index in [4.69, 9.17) is 5.73 Å². The van der Waals surface area contributed by atoms with E-state index in [0.717, 1.165) is 5.69 Å². The average molecular weight is 236 g/mol. The lowest BCUT2D eigenvalue weighted by Crippen LogP contribution is -2.47. The van der Waals surface area contributed by atoms with Gasteiger partial charge in [0.05, 0.1) is 0 Å². The first-order chi connectivity index (χ1) is 7.92. The van der Waals surface area contributed by atoms with Gasteiger partial charge in [0.2, 0.25) is 0 Å². The number of aromatic nitrogens is 1. The Balaban J connectivity index is 3.03. The van der Waals surface area contributed by atoms with E-state index in [9.17, 15) is 4.79 Å². The van der Waals surface area contributed by atoms with Crippen LogP contribution in [-0.4, -0.2) is 37.1 Å². The molecule has 1 aromatic rings. The summed E-state index contributed by atoms with van der Waals surface area (Å²) in [5.74, 6) is -0.189. The van der Waals surface area contributed by atoms with Gasteiger partial charge in [-0.3, -0.25) is 9.78 Å². The standard InChI is InChI=1S/C12H20N4O/c1-12(2,8-13)16(4)9-5-6-15-10(7-9)11(17)14-3/h5-7H,8,13H2,1-4H3,(H,14,17). The SMILES string of the molecule is CNC(=O)c1cc(N(C)C(C)(C)CN)ccn1. The van der Waals surface area contributed by atoms with Gasteiger partial charge in [0.1, 0.15) is 5.69 Å². The molecule has 1 rings (SSSR count). The van der Waals surface area contributed by atoms with E-state index in [0.29, 0.717) is 12.2 Å². The number of anilines is 1. The van der Waals surface area contributed by atoms with Crippen molar-refractivity contribution in [2.75, 3.05) is 25.5 Å². The van der Waals surface area contributed by atoms with Gasteiger partial charge in [0, 0.05) is 38.1 Å². The molecule has 1 heterocycles. The Kier molecular flexibility index (Phi) is 4.07. The van der Waals surface area contributed by atoms with Crippen LogP contribution in [0, 0.1) is 0 Å². The van der Waals surface area contributed by atoms with Gasteiger partial charge in [-0.05, 0) is 26.0 Å². The fraction of sp³-hybridized carbons (Fsp3) is 0.500. The molecule has 1 aromatic heterocycles. The Hall–Kier alpha value is -1.62. The molecule has 5 nitrogen and oxygen atoms in total. The third-order valence-electron chi connectivity index (χ3n) is 3.00. The zero-order chi connectivity index (χ0) is 13.1. The highest BCUT2D eigenvalue weighted by molar-refractivity contribution is 5.92. The Morgan fingerprint density at radius 2 is 2.24 bits per heavy atom. The summed E-state index contributed by atoms with van der Waals surface area (Å²) in [7, 11) is 3.54. The van der Waals surface area contributed by atoms with Crippen LogP contribution in [0.1, 0.15) is 24.3 Å². The summed E-state index contributed by atoms with van der Waals surface area (Å²) in [6.45, 7) is 4.63. The maximum atomic E-state index is 11.5. The van der Waals surface area contributed by atoms with Crippen LogP contribution in [0.5, 0.6) is 0 Å². The van der Waals surface area contributed by atoms with Crippen molar-refractivity contribution in [3.8, 4) is 0 Å². The summed E-state index contributed by atoms with van der Waals surface area (Å²) < 4.78 is 0. The lowest BCUT2D eigenvalue weighted by Gasteiger charge is -2.36. The molecule has 0 aliphatic rings. The number of rotatable bonds is 4. The fourth-order valence-corrected chi connectivity index (χ4v) is 1.37. The van der Waals surface area contributed by atoms with Crippen molar-refractivity contribution in [2.24, 2.45) is 5.73 Å². The molecule has 1 amide bonds. The molecule has 0 aliphatic heterocycles. The highest BCUT2D eigenvalue weighted by atomic mass is 16.1. The van der Waals surface area contributed by atoms with Crippen LogP contribution in [0.2, 0.25) is 0 Å². The molecule has 94 valence electrons. The zero-order valence-electron chi connectivity index (χ0n) is 10.8. The lowest BCUT2D eigenvalue weighted by molar-refractivity contribution is 0.0958. The first-order valence-electron chi connectivity index (χ1n) is 5.54. The minimum absolute atomic E-state index is 0.165. The summed E-state index contributed by atoms with van der Waals surface area (Å²) in [6, 6.07) is 3.63. The highest BCUT2D eigenvalue weighted by Gasteiger charge is 2.22. The monoisotopic (exact) mass is 236 g/mol. The van der Waals surface area contributed by atoms with Gasteiger partial charge in [0.15, 0.2) is 0 Å². The summed E-state index contributed by atoms with van der Waals surface area (Å²) in [6.07, 6.45) is 1.63. The Morgan fingerprint density at radius 3 is 2.76 bits per heavy atom. The summed E-state index contributed by atoms with van der Waals surface area (Å²) in [5.41, 5.74) is 6.90. The predicted octanol–water partition coefficient (Wildman–Crippen LogP) is 0.615. The second kappa shape index (κ2) is 5.14. The number of pyridine rings is 1. The number of carbonyl (C=O) groups excluding carboxylic acids is 1. The molecular weight excluding hydrogens is 216 g/mol. The van der Waals surface area contributed by atoms with E-state index < -0.39 is 0 Å². The van der Waals surface area contributed by atoms with Gasteiger partial charge in [-0.1, -0.05) is 0 Å². The molecule has 0 unspecified atom stereocenters. The molecule has 0 radical (unpaired) electrons. The van der Waals surface area contributed by atoms with E-state index in [1.807, 2.05) is 31.9 Å². The maximum absolute atomic E-state index is 11.5. The number of nitrogens with two attached hydrogens (primary N) is 1. The summed E-state index contributed by atoms with van der Waals surface area (Å²) in [5, 5.41) is 2.56. The number of amides is 1. The third-order valence-corrected chi connectivity index (χ3v) is 3.00. The van der Waals surface area contributed by atoms with Crippen molar-refractivity contribution in [2.45, 2.75) is 19.4 Å². The number of likely N-dealkylation sites (N-methyl/N-ethyl adjacent to an activating group) is 1. The molecular formula is C12H20N4O. The van der Waals surface area contributed by atoms with Crippen molar-refractivity contribution < 1.29 is 4.79 Å². The van der Waals surface area contributed by atoms with E-state index >= 15 is 0 Å². The quantitative estimate of drug-likeness (QED) is 0.803. The molecule has 3 N–H and O–H groups in total. The van der Waals surface area contributed by atoms with Crippen LogP contribution in [0.25, 0.3) is 0 Å². The number of hydrogen-bond donors (Lipinski definition) is 2. The smallest absolute Gasteiger partial charge is 0.269 e. The molecule has 0 saturated carbocycles. The summed E-state index contributed by atoms with van der Waals surface area (Å²) >= 11 is 0. The predicted molar refractivity (Wildman–Crippen MR) is 69.2 cm³/mol. The van der Waals surface area contributed by atoms with Crippen LogP contribution in [0.3, 0.4) is 0 Å². The van der Waals surface area contributed by atoms with Crippen LogP contribution in [0.4, 0.5) is 5.69 Å². The Morgan fingerprint density at radius 1 is 1.59 bits per heavy atom. The Labute approximate surface area is 102 Å². The van der Waals surface area contributed by atoms with Crippen molar-refractivity contribution in [1.82, 2.24) is 10.3 Å². The van der Waals surface area contributed by atoms with Gasteiger partial charge in [-0.25, -0.2) is 0 Å². The Bertz CT molecular complexity index is 403. The van der Waals surface area contributed by atoms with Gasteiger partial charge < -0.3 is 16.0 Å². The minimum atomic E-state index is -0.189. The largest absolute Gasteiger partial charge is 0.368 e. The topological polar surface area (TPSA) is 71.2 Å². The molecule has 0 atom stereocenters. The highest BCUT2D eigenvalue weighted by Crippen LogP contribution is 2.21. The summed E-state index contributed by atoms with van der Waals surface area (Å²) in [4.78, 5) is 17.6. The molecule has 0 bridgehead atoms. The molecule has 0 aliphatic carbocycles. The third kappa shape index (κ3) is 2.94. The van der Waals surface area contributed by atoms with Gasteiger partial charge >= 0.3 is 0 Å². The average Bonchev–Trinajstić information content (AvgIpc) is 2.36. The van der Waals surface area contributed by atoms with E-state index in [-0.39, 0.29) is 11.4 Å². The number of hydrogen-bond acceptors (Lipinski definition) is 4. The molecule has 0 spiro atoms. The molecule has 17 heavy (non-hydrogen) atoms. The molecule has 0 aromatic carbocycles. The second-order valence-electron chi connectivity index (χ2n) is 4.55. The van der Waals surface area contributed by atoms with Crippen molar-refractivity contribution in [3.63, 3.8) is 0 Å². The first-order valence-corrected chi connectivity index (χ1v) is 5.54. The maximum Gasteiger partial charge on any atom is 0.269 e. The number of nitrogens with zero attached hydrogens (tertiary/aromatic N) is 2. The van der Waals surface area contributed by atoms with Crippen LogP contribution in [0.15, 0.2) is 18.3 Å². The van der Waals surface area contributed by atoms with Crippen LogP contribution >= 0.6 is 0 Å². The fourth-order valence-electron chi connectivity index (χ4n) is 1.37. The minimum Gasteiger partial charge on any atom is -0.368 e. The van der Waals surface area contributed by atoms with Gasteiger partial charge in [0.25, 0.3) is 5.91 Å². The van der Waals surface area contributed by atoms with Crippen molar-refractivity contribution in [1.29, 1.82) is 0 Å². The van der Waals surface area contributed by atoms with Crippen molar-refractivity contribution >= 4 is 11.6 Å². The van der Waals surface area contributed by atoms with Gasteiger partial charge in [-0.2, -0.15) is 0 Å². The number of carbonyl (C=O) groups is 1. The van der Waals surface area contributed by atoms with E-state index in [2.05, 4.69) is 10.3 Å². The molecule has 0 saturated heterocycles. The molecule has 5 heteroatoms. The van der Waals surface area contributed by atoms with E-state index in [1.54, 1.807) is 19.3 Å². The van der Waals surface area contributed by atoms with Crippen LogP contribution < -0.4 is 16.0 Å². The van der Waals surface area contributed by atoms with Gasteiger partial charge in [-0.15, -0.1) is 0 Å². The zero-order valence-corrected chi connectivity index (χ0v) is 10.8. The molecule has 0 fully saturated rings. The first kappa shape index (κ1) is 13.4. The lowest BCUT2D eigenvalue weighted by atomic mass is 10.0. The van der Waals surface area contributed by atoms with E-state index in [1.165, 1.54) is 0 Å².